The van der Waals surface area contributed by atoms with Gasteiger partial charge in [0.25, 0.3) is 0 Å². The Hall–Kier alpha value is -1.08. The first kappa shape index (κ1) is 9.01. The molecule has 1 fully saturated rings. The monoisotopic (exact) mass is 168 g/mol. The number of carbonyl (C=O) groups is 1. The lowest BCUT2D eigenvalue weighted by Gasteiger charge is -2.18. The van der Waals surface area contributed by atoms with Crippen LogP contribution in [0.1, 0.15) is 32.1 Å². The van der Waals surface area contributed by atoms with Crippen LogP contribution in [0.15, 0.2) is 6.26 Å². The molecule has 0 radical (unpaired) electrons. The van der Waals surface area contributed by atoms with Gasteiger partial charge in [-0.1, -0.05) is 19.3 Å². The topological polar surface area (TPSA) is 43.4 Å². The van der Waals surface area contributed by atoms with E-state index in [1.165, 1.54) is 12.4 Å². The van der Waals surface area contributed by atoms with Crippen molar-refractivity contribution in [3.05, 3.63) is 6.26 Å². The minimum atomic E-state index is -0.280. The van der Waals surface area contributed by atoms with Crippen molar-refractivity contribution in [2.24, 2.45) is 5.92 Å². The number of esters is 1. The number of rotatable bonds is 2. The fourth-order valence-corrected chi connectivity index (χ4v) is 1.52. The summed E-state index contributed by atoms with van der Waals surface area (Å²) in [5, 5.41) is 0. The Morgan fingerprint density at radius 1 is 1.33 bits per heavy atom. The summed E-state index contributed by atoms with van der Waals surface area (Å²) < 4.78 is 4.54. The van der Waals surface area contributed by atoms with E-state index in [0.29, 0.717) is 0 Å². The van der Waals surface area contributed by atoms with E-state index < -0.39 is 0 Å². The van der Waals surface area contributed by atoms with E-state index in [2.05, 4.69) is 4.74 Å². The molecule has 0 aromatic carbocycles. The third-order valence-electron chi connectivity index (χ3n) is 2.16. The van der Waals surface area contributed by atoms with Crippen molar-refractivity contribution >= 4 is 11.9 Å². The van der Waals surface area contributed by atoms with Gasteiger partial charge in [-0.25, -0.2) is 4.79 Å². The lowest BCUT2D eigenvalue weighted by atomic mass is 9.89. The maximum Gasteiger partial charge on any atom is 0.314 e. The Balaban J connectivity index is 2.34. The van der Waals surface area contributed by atoms with Crippen LogP contribution in [0.3, 0.4) is 0 Å². The molecule has 0 spiro atoms. The molecule has 0 aromatic heterocycles. The Kier molecular flexibility index (Phi) is 3.55. The second-order valence-corrected chi connectivity index (χ2v) is 3.01. The third-order valence-corrected chi connectivity index (χ3v) is 2.16. The van der Waals surface area contributed by atoms with Crippen molar-refractivity contribution in [2.45, 2.75) is 32.1 Å². The molecule has 1 rings (SSSR count). The Morgan fingerprint density at radius 3 is 2.58 bits per heavy atom. The molecule has 1 saturated carbocycles. The highest BCUT2D eigenvalue weighted by Gasteiger charge is 2.21. The van der Waals surface area contributed by atoms with Gasteiger partial charge in [-0.3, -0.25) is 4.79 Å². The van der Waals surface area contributed by atoms with E-state index in [9.17, 15) is 9.59 Å². The standard InChI is InChI=1S/C9H12O3/c10-6-7-12-9(11)8-4-2-1-3-5-8/h7-8H,1-5H2. The van der Waals surface area contributed by atoms with Gasteiger partial charge < -0.3 is 4.74 Å². The van der Waals surface area contributed by atoms with Crippen LogP contribution in [0.2, 0.25) is 0 Å². The average molecular weight is 168 g/mol. The van der Waals surface area contributed by atoms with Crippen molar-refractivity contribution in [3.8, 4) is 0 Å². The van der Waals surface area contributed by atoms with Gasteiger partial charge in [0.15, 0.2) is 12.2 Å². The smallest absolute Gasteiger partial charge is 0.314 e. The third kappa shape index (κ3) is 2.51. The van der Waals surface area contributed by atoms with Crippen LogP contribution in [0.5, 0.6) is 0 Å². The molecule has 0 saturated heterocycles. The van der Waals surface area contributed by atoms with Crippen LogP contribution in [0, 0.1) is 5.92 Å². The SMILES string of the molecule is O=C=COC(=O)C1CCCCC1. The first-order valence-electron chi connectivity index (χ1n) is 4.24. The molecule has 0 bridgehead atoms. The second-order valence-electron chi connectivity index (χ2n) is 3.01. The summed E-state index contributed by atoms with van der Waals surface area (Å²) in [4.78, 5) is 20.9. The first-order chi connectivity index (χ1) is 5.84. The molecule has 3 heteroatoms. The second kappa shape index (κ2) is 4.73. The number of hydrogen-bond donors (Lipinski definition) is 0. The quantitative estimate of drug-likeness (QED) is 0.356. The summed E-state index contributed by atoms with van der Waals surface area (Å²) in [5.74, 6) is 1.14. The van der Waals surface area contributed by atoms with Crippen LogP contribution >= 0.6 is 0 Å². The summed E-state index contributed by atoms with van der Waals surface area (Å²) >= 11 is 0. The van der Waals surface area contributed by atoms with E-state index >= 15 is 0 Å². The Bertz CT molecular complexity index is 198. The van der Waals surface area contributed by atoms with E-state index in [1.54, 1.807) is 0 Å². The highest BCUT2D eigenvalue weighted by Crippen LogP contribution is 2.24. The number of hydrogen-bond acceptors (Lipinski definition) is 3. The lowest BCUT2D eigenvalue weighted by molar-refractivity contribution is -0.143. The zero-order chi connectivity index (χ0) is 8.81. The predicted octanol–water partition coefficient (Wildman–Crippen LogP) is 1.46. The minimum Gasteiger partial charge on any atom is -0.422 e. The molecule has 3 nitrogen and oxygen atoms in total. The highest BCUT2D eigenvalue weighted by molar-refractivity contribution is 5.74. The fourth-order valence-electron chi connectivity index (χ4n) is 1.52. The van der Waals surface area contributed by atoms with E-state index in [-0.39, 0.29) is 11.9 Å². The molecule has 0 aromatic rings. The number of carbonyl (C=O) groups excluding carboxylic acids is 2. The normalized spacial score (nSPS) is 18.0. The van der Waals surface area contributed by atoms with Gasteiger partial charge in [-0.2, -0.15) is 0 Å². The summed E-state index contributed by atoms with van der Waals surface area (Å²) in [7, 11) is 0. The van der Waals surface area contributed by atoms with Gasteiger partial charge in [0.1, 0.15) is 0 Å². The van der Waals surface area contributed by atoms with Crippen LogP contribution in [-0.4, -0.2) is 11.9 Å². The number of ether oxygens (including phenoxy) is 1. The molecule has 12 heavy (non-hydrogen) atoms. The summed E-state index contributed by atoms with van der Waals surface area (Å²) in [6.45, 7) is 0. The zero-order valence-electron chi connectivity index (χ0n) is 6.91. The molecule has 0 atom stereocenters. The maximum absolute atomic E-state index is 11.1. The molecule has 1 aliphatic rings. The van der Waals surface area contributed by atoms with Crippen molar-refractivity contribution < 1.29 is 14.3 Å². The molecule has 0 amide bonds. The summed E-state index contributed by atoms with van der Waals surface area (Å²) in [6, 6.07) is 0. The molecule has 66 valence electrons. The Labute approximate surface area is 71.4 Å². The molecular formula is C9H12O3. The summed E-state index contributed by atoms with van der Waals surface area (Å²) in [6.07, 6.45) is 5.95. The van der Waals surface area contributed by atoms with E-state index in [4.69, 9.17) is 0 Å². The minimum absolute atomic E-state index is 0.00310. The predicted molar refractivity (Wildman–Crippen MR) is 42.9 cm³/mol. The lowest BCUT2D eigenvalue weighted by Crippen LogP contribution is -2.18. The van der Waals surface area contributed by atoms with Crippen molar-refractivity contribution in [1.29, 1.82) is 0 Å². The van der Waals surface area contributed by atoms with Crippen LogP contribution in [0.25, 0.3) is 0 Å². The van der Waals surface area contributed by atoms with Gasteiger partial charge in [0.05, 0.1) is 5.92 Å². The Morgan fingerprint density at radius 2 is 2.00 bits per heavy atom. The summed E-state index contributed by atoms with van der Waals surface area (Å²) in [5.41, 5.74) is 0. The van der Waals surface area contributed by atoms with Crippen molar-refractivity contribution in [2.75, 3.05) is 0 Å². The van der Waals surface area contributed by atoms with Crippen LogP contribution in [-0.2, 0) is 14.3 Å². The maximum atomic E-state index is 11.1. The molecule has 0 N–H and O–H groups in total. The van der Waals surface area contributed by atoms with Gasteiger partial charge >= 0.3 is 5.97 Å². The fraction of sp³-hybridized carbons (Fsp3) is 0.667. The molecule has 0 aliphatic heterocycles. The van der Waals surface area contributed by atoms with Gasteiger partial charge in [0, 0.05) is 0 Å². The first-order valence-corrected chi connectivity index (χ1v) is 4.24. The van der Waals surface area contributed by atoms with Crippen LogP contribution in [0.4, 0.5) is 0 Å². The molecule has 0 heterocycles. The molecule has 1 aliphatic carbocycles. The van der Waals surface area contributed by atoms with Gasteiger partial charge in [-0.15, -0.1) is 0 Å². The zero-order valence-corrected chi connectivity index (χ0v) is 6.91. The van der Waals surface area contributed by atoms with E-state index in [0.717, 1.165) is 31.9 Å². The van der Waals surface area contributed by atoms with Gasteiger partial charge in [0.2, 0.25) is 0 Å². The van der Waals surface area contributed by atoms with Crippen LogP contribution < -0.4 is 0 Å². The molecular weight excluding hydrogens is 156 g/mol. The van der Waals surface area contributed by atoms with E-state index in [1.807, 2.05) is 0 Å². The largest absolute Gasteiger partial charge is 0.422 e. The molecule has 0 unspecified atom stereocenters. The van der Waals surface area contributed by atoms with Crippen molar-refractivity contribution in [1.82, 2.24) is 0 Å². The average Bonchev–Trinajstić information content (AvgIpc) is 2.15. The highest BCUT2D eigenvalue weighted by atomic mass is 16.5. The van der Waals surface area contributed by atoms with Crippen molar-refractivity contribution in [3.63, 3.8) is 0 Å². The van der Waals surface area contributed by atoms with Gasteiger partial charge in [-0.05, 0) is 12.8 Å².